The Hall–Kier alpha value is -1.70. The first kappa shape index (κ1) is 15.2. The molecule has 0 saturated carbocycles. The lowest BCUT2D eigenvalue weighted by Gasteiger charge is -2.30. The molecule has 22 heavy (non-hydrogen) atoms. The van der Waals surface area contributed by atoms with Crippen molar-refractivity contribution in [3.8, 4) is 0 Å². The van der Waals surface area contributed by atoms with Gasteiger partial charge in [-0.1, -0.05) is 0 Å². The molecule has 1 aromatic heterocycles. The molecule has 0 aromatic carbocycles. The lowest BCUT2D eigenvalue weighted by Crippen LogP contribution is -2.47. The Balaban J connectivity index is 1.69. The fourth-order valence-electron chi connectivity index (χ4n) is 3.19. The minimum absolute atomic E-state index is 0.0686. The first-order chi connectivity index (χ1) is 10.3. The third-order valence-corrected chi connectivity index (χ3v) is 4.19. The summed E-state index contributed by atoms with van der Waals surface area (Å²) >= 11 is 0. The van der Waals surface area contributed by atoms with E-state index in [0.29, 0.717) is 24.7 Å². The van der Waals surface area contributed by atoms with Gasteiger partial charge in [0, 0.05) is 31.4 Å². The van der Waals surface area contributed by atoms with E-state index in [0.717, 1.165) is 25.9 Å². The second-order valence-electron chi connectivity index (χ2n) is 5.87. The number of aromatic nitrogens is 1. The quantitative estimate of drug-likeness (QED) is 0.849. The number of amides is 1. The van der Waals surface area contributed by atoms with E-state index in [1.54, 1.807) is 0 Å². The van der Waals surface area contributed by atoms with Crippen molar-refractivity contribution in [1.82, 2.24) is 15.2 Å². The highest BCUT2D eigenvalue weighted by Crippen LogP contribution is 2.31. The second kappa shape index (κ2) is 5.49. The third kappa shape index (κ3) is 3.06. The van der Waals surface area contributed by atoms with Gasteiger partial charge in [-0.15, -0.1) is 0 Å². The van der Waals surface area contributed by atoms with Crippen molar-refractivity contribution in [2.45, 2.75) is 25.1 Å². The molecule has 8 heteroatoms. The summed E-state index contributed by atoms with van der Waals surface area (Å²) in [4.78, 5) is 17.7. The molecule has 2 aliphatic heterocycles. The number of pyridine rings is 1. The average Bonchev–Trinajstić information content (AvgIpc) is 2.76. The fraction of sp³-hybridized carbons (Fsp3) is 0.571. The summed E-state index contributed by atoms with van der Waals surface area (Å²) < 4.78 is 50.9. The normalized spacial score (nSPS) is 27.7. The van der Waals surface area contributed by atoms with Gasteiger partial charge in [-0.25, -0.2) is 4.39 Å². The molecule has 120 valence electrons. The molecule has 3 heterocycles. The Morgan fingerprint density at radius 1 is 1.36 bits per heavy atom. The lowest BCUT2D eigenvalue weighted by molar-refractivity contribution is -0.140. The van der Waals surface area contributed by atoms with Gasteiger partial charge in [0.15, 0.2) is 0 Å². The van der Waals surface area contributed by atoms with E-state index in [2.05, 4.69) is 15.2 Å². The van der Waals surface area contributed by atoms with E-state index in [1.165, 1.54) is 0 Å². The Morgan fingerprint density at radius 2 is 2.14 bits per heavy atom. The van der Waals surface area contributed by atoms with E-state index in [1.807, 2.05) is 0 Å². The van der Waals surface area contributed by atoms with Gasteiger partial charge in [0.1, 0.15) is 17.1 Å². The average molecular weight is 317 g/mol. The highest BCUT2D eigenvalue weighted by atomic mass is 19.4. The molecule has 1 N–H and O–H groups in total. The molecule has 2 bridgehead atoms. The zero-order valence-electron chi connectivity index (χ0n) is 11.7. The Morgan fingerprint density at radius 3 is 2.77 bits per heavy atom. The van der Waals surface area contributed by atoms with E-state index >= 15 is 0 Å². The van der Waals surface area contributed by atoms with Crippen LogP contribution in [0.15, 0.2) is 12.3 Å². The van der Waals surface area contributed by atoms with Crippen molar-refractivity contribution in [3.05, 3.63) is 29.3 Å². The maximum absolute atomic E-state index is 13.5. The molecule has 0 aliphatic carbocycles. The van der Waals surface area contributed by atoms with Gasteiger partial charge in [-0.2, -0.15) is 13.2 Å². The van der Waals surface area contributed by atoms with Gasteiger partial charge >= 0.3 is 6.18 Å². The van der Waals surface area contributed by atoms with Crippen LogP contribution in [0.4, 0.5) is 17.6 Å². The minimum Gasteiger partial charge on any atom is -0.347 e. The first-order valence-electron chi connectivity index (χ1n) is 7.09. The minimum atomic E-state index is -4.82. The number of hydrogen-bond donors (Lipinski definition) is 1. The van der Waals surface area contributed by atoms with Crippen LogP contribution in [0.5, 0.6) is 0 Å². The molecule has 2 aliphatic rings. The maximum atomic E-state index is 13.5. The van der Waals surface area contributed by atoms with Gasteiger partial charge in [-0.05, 0) is 25.3 Å². The van der Waals surface area contributed by atoms with Crippen molar-refractivity contribution >= 4 is 5.91 Å². The van der Waals surface area contributed by atoms with E-state index < -0.39 is 23.5 Å². The highest BCUT2D eigenvalue weighted by molar-refractivity contribution is 5.92. The van der Waals surface area contributed by atoms with Crippen molar-refractivity contribution < 1.29 is 22.4 Å². The molecule has 1 amide bonds. The van der Waals surface area contributed by atoms with Crippen molar-refractivity contribution in [2.24, 2.45) is 5.92 Å². The van der Waals surface area contributed by atoms with Crippen molar-refractivity contribution in [1.29, 1.82) is 0 Å². The summed E-state index contributed by atoms with van der Waals surface area (Å²) in [5.74, 6) is -1.59. The summed E-state index contributed by atoms with van der Waals surface area (Å²) in [7, 11) is 0. The predicted octanol–water partition coefficient (Wildman–Crippen LogP) is 2.06. The van der Waals surface area contributed by atoms with Crippen LogP contribution in [-0.2, 0) is 6.18 Å². The van der Waals surface area contributed by atoms with Gasteiger partial charge in [0.25, 0.3) is 5.91 Å². The standard InChI is InChI=1S/C14H15F4N3O/c15-11-4-12(19-5-10(11)14(16,17)18)13(22)20-9-3-8-1-2-21(6-8)7-9/h4-5,8-9H,1-3,6-7H2,(H,20,22)/t8-,9-/m1/s1. The lowest BCUT2D eigenvalue weighted by atomic mass is 9.97. The van der Waals surface area contributed by atoms with Crippen molar-refractivity contribution in [3.63, 3.8) is 0 Å². The second-order valence-corrected chi connectivity index (χ2v) is 5.87. The smallest absolute Gasteiger partial charge is 0.347 e. The third-order valence-electron chi connectivity index (χ3n) is 4.19. The van der Waals surface area contributed by atoms with Gasteiger partial charge in [-0.3, -0.25) is 9.78 Å². The van der Waals surface area contributed by atoms with Crippen LogP contribution < -0.4 is 5.32 Å². The number of hydrogen-bond acceptors (Lipinski definition) is 3. The zero-order chi connectivity index (χ0) is 15.9. The molecule has 3 rings (SSSR count). The van der Waals surface area contributed by atoms with E-state index in [9.17, 15) is 22.4 Å². The number of rotatable bonds is 2. The number of carbonyl (C=O) groups excluding carboxylic acids is 1. The molecular formula is C14H15F4N3O. The zero-order valence-corrected chi connectivity index (χ0v) is 11.7. The van der Waals surface area contributed by atoms with Crippen LogP contribution in [0, 0.1) is 11.7 Å². The topological polar surface area (TPSA) is 45.2 Å². The molecular weight excluding hydrogens is 302 g/mol. The molecule has 1 aromatic rings. The summed E-state index contributed by atoms with van der Waals surface area (Å²) in [6.45, 7) is 2.75. The van der Waals surface area contributed by atoms with Crippen LogP contribution in [0.3, 0.4) is 0 Å². The van der Waals surface area contributed by atoms with Gasteiger partial charge in [0.2, 0.25) is 0 Å². The van der Waals surface area contributed by atoms with Crippen LogP contribution in [0.25, 0.3) is 0 Å². The molecule has 1 unspecified atom stereocenters. The molecule has 0 spiro atoms. The number of carbonyl (C=O) groups is 1. The molecule has 0 radical (unpaired) electrons. The molecule has 3 atom stereocenters. The number of alkyl halides is 3. The van der Waals surface area contributed by atoms with Crippen LogP contribution >= 0.6 is 0 Å². The van der Waals surface area contributed by atoms with Gasteiger partial charge in [0.05, 0.1) is 0 Å². The van der Waals surface area contributed by atoms with Crippen LogP contribution in [0.1, 0.15) is 28.9 Å². The van der Waals surface area contributed by atoms with Crippen LogP contribution in [0.2, 0.25) is 0 Å². The number of halogens is 4. The fourth-order valence-corrected chi connectivity index (χ4v) is 3.19. The monoisotopic (exact) mass is 317 g/mol. The largest absolute Gasteiger partial charge is 0.420 e. The number of piperidine rings is 1. The highest BCUT2D eigenvalue weighted by Gasteiger charge is 2.36. The SMILES string of the molecule is O=C(N[C@@H]1C[C@H]2CCN(C2)C1)c1cc(F)c(C(F)(F)F)cn1. The Labute approximate surface area is 124 Å². The number of nitrogens with zero attached hydrogens (tertiary/aromatic N) is 2. The summed E-state index contributed by atoms with van der Waals surface area (Å²) in [6.07, 6.45) is -2.52. The number of fused-ring (bicyclic) bond motifs is 2. The predicted molar refractivity (Wildman–Crippen MR) is 69.6 cm³/mol. The Kier molecular flexibility index (Phi) is 3.80. The van der Waals surface area contributed by atoms with Crippen molar-refractivity contribution in [2.75, 3.05) is 19.6 Å². The van der Waals surface area contributed by atoms with Gasteiger partial charge < -0.3 is 10.2 Å². The van der Waals surface area contributed by atoms with Crippen LogP contribution in [-0.4, -0.2) is 41.5 Å². The molecule has 2 fully saturated rings. The Bertz CT molecular complexity index is 578. The maximum Gasteiger partial charge on any atom is 0.420 e. The summed E-state index contributed by atoms with van der Waals surface area (Å²) in [6, 6.07) is 0.469. The summed E-state index contributed by atoms with van der Waals surface area (Å²) in [5.41, 5.74) is -1.80. The summed E-state index contributed by atoms with van der Waals surface area (Å²) in [5, 5.41) is 2.73. The first-order valence-corrected chi connectivity index (χ1v) is 7.09. The molecule has 4 nitrogen and oxygen atoms in total. The van der Waals surface area contributed by atoms with E-state index in [4.69, 9.17) is 0 Å². The number of nitrogens with one attached hydrogen (secondary N) is 1. The van der Waals surface area contributed by atoms with E-state index in [-0.39, 0.29) is 11.7 Å². The molecule has 2 saturated heterocycles.